The van der Waals surface area contributed by atoms with E-state index < -0.39 is 5.97 Å². The van der Waals surface area contributed by atoms with Gasteiger partial charge in [0.15, 0.2) is 0 Å². The van der Waals surface area contributed by atoms with Crippen molar-refractivity contribution in [3.8, 4) is 5.75 Å². The Balaban J connectivity index is 2.39. The molecule has 3 nitrogen and oxygen atoms in total. The lowest BCUT2D eigenvalue weighted by Crippen LogP contribution is -2.06. The highest BCUT2D eigenvalue weighted by Gasteiger charge is 2.09. The van der Waals surface area contributed by atoms with Crippen molar-refractivity contribution in [3.63, 3.8) is 0 Å². The van der Waals surface area contributed by atoms with E-state index in [0.29, 0.717) is 12.2 Å². The first-order valence-electron chi connectivity index (χ1n) is 5.80. The van der Waals surface area contributed by atoms with Crippen molar-refractivity contribution in [1.82, 2.24) is 0 Å². The molecule has 94 valence electrons. The summed E-state index contributed by atoms with van der Waals surface area (Å²) >= 11 is 5.70. The zero-order valence-electron chi connectivity index (χ0n) is 9.91. The van der Waals surface area contributed by atoms with Crippen LogP contribution in [-0.4, -0.2) is 17.7 Å². The average Bonchev–Trinajstić information content (AvgIpc) is 2.32. The minimum absolute atomic E-state index is 0.0360. The van der Waals surface area contributed by atoms with Crippen molar-refractivity contribution >= 4 is 17.6 Å². The van der Waals surface area contributed by atoms with Gasteiger partial charge in [-0.15, -0.1) is 0 Å². The van der Waals surface area contributed by atoms with Crippen LogP contribution < -0.4 is 0 Å². The van der Waals surface area contributed by atoms with Gasteiger partial charge in [0.05, 0.1) is 17.2 Å². The van der Waals surface area contributed by atoms with E-state index in [1.165, 1.54) is 18.2 Å². The van der Waals surface area contributed by atoms with Gasteiger partial charge in [-0.1, -0.05) is 37.8 Å². The first-order chi connectivity index (χ1) is 8.15. The van der Waals surface area contributed by atoms with E-state index >= 15 is 0 Å². The Bertz CT molecular complexity index is 377. The van der Waals surface area contributed by atoms with Crippen LogP contribution in [-0.2, 0) is 4.74 Å². The third kappa shape index (κ3) is 4.65. The van der Waals surface area contributed by atoms with Gasteiger partial charge in [0.2, 0.25) is 0 Å². The Kier molecular flexibility index (Phi) is 5.84. The van der Waals surface area contributed by atoms with E-state index in [1.54, 1.807) is 0 Å². The molecular weight excluding hydrogens is 240 g/mol. The number of carbonyl (C=O) groups is 1. The molecule has 0 atom stereocenters. The monoisotopic (exact) mass is 256 g/mol. The van der Waals surface area contributed by atoms with Crippen LogP contribution in [0.5, 0.6) is 5.75 Å². The molecule has 0 bridgehead atoms. The molecule has 4 heteroatoms. The van der Waals surface area contributed by atoms with Crippen LogP contribution in [0, 0.1) is 0 Å². The quantitative estimate of drug-likeness (QED) is 0.622. The molecule has 1 aromatic carbocycles. The number of ether oxygens (including phenoxy) is 1. The Morgan fingerprint density at radius 3 is 2.76 bits per heavy atom. The fourth-order valence-corrected chi connectivity index (χ4v) is 1.59. The second-order valence-corrected chi connectivity index (χ2v) is 4.27. The van der Waals surface area contributed by atoms with Crippen LogP contribution in [0.15, 0.2) is 18.2 Å². The Morgan fingerprint density at radius 2 is 2.12 bits per heavy atom. The van der Waals surface area contributed by atoms with Crippen molar-refractivity contribution in [3.05, 3.63) is 28.8 Å². The normalized spacial score (nSPS) is 10.2. The summed E-state index contributed by atoms with van der Waals surface area (Å²) in [7, 11) is 0. The number of aromatic hydroxyl groups is 1. The van der Waals surface area contributed by atoms with Gasteiger partial charge in [-0.2, -0.15) is 0 Å². The summed E-state index contributed by atoms with van der Waals surface area (Å²) < 4.78 is 5.09. The molecule has 17 heavy (non-hydrogen) atoms. The number of rotatable bonds is 6. The molecule has 0 spiro atoms. The fraction of sp³-hybridized carbons (Fsp3) is 0.462. The zero-order valence-corrected chi connectivity index (χ0v) is 10.7. The predicted molar refractivity (Wildman–Crippen MR) is 67.5 cm³/mol. The topological polar surface area (TPSA) is 46.5 Å². The van der Waals surface area contributed by atoms with Crippen molar-refractivity contribution in [2.24, 2.45) is 0 Å². The molecule has 1 rings (SSSR count). The molecule has 0 amide bonds. The number of esters is 1. The number of phenols is 1. The van der Waals surface area contributed by atoms with E-state index in [9.17, 15) is 9.90 Å². The van der Waals surface area contributed by atoms with Crippen molar-refractivity contribution in [2.45, 2.75) is 32.6 Å². The molecule has 1 aromatic rings. The molecule has 0 saturated heterocycles. The Labute approximate surface area is 106 Å². The molecule has 0 heterocycles. The molecule has 0 unspecified atom stereocenters. The lowest BCUT2D eigenvalue weighted by molar-refractivity contribution is 0.0498. The summed E-state index contributed by atoms with van der Waals surface area (Å²) in [4.78, 5) is 11.6. The van der Waals surface area contributed by atoms with Gasteiger partial charge in [0, 0.05) is 0 Å². The lowest BCUT2D eigenvalue weighted by atomic mass is 10.2. The molecular formula is C13H17ClO3. The zero-order chi connectivity index (χ0) is 12.7. The van der Waals surface area contributed by atoms with Gasteiger partial charge in [-0.05, 0) is 24.6 Å². The number of halogens is 1. The molecule has 0 fully saturated rings. The molecule has 0 radical (unpaired) electrons. The number of unbranched alkanes of at least 4 members (excludes halogenated alkanes) is 3. The van der Waals surface area contributed by atoms with Gasteiger partial charge in [0.1, 0.15) is 5.75 Å². The van der Waals surface area contributed by atoms with Crippen molar-refractivity contribution in [2.75, 3.05) is 6.61 Å². The molecule has 0 aliphatic rings. The largest absolute Gasteiger partial charge is 0.506 e. The highest BCUT2D eigenvalue weighted by Crippen LogP contribution is 2.23. The van der Waals surface area contributed by atoms with E-state index in [4.69, 9.17) is 16.3 Å². The third-order valence-corrected chi connectivity index (χ3v) is 2.72. The average molecular weight is 257 g/mol. The molecule has 0 saturated carbocycles. The smallest absolute Gasteiger partial charge is 0.338 e. The summed E-state index contributed by atoms with van der Waals surface area (Å²) in [6.07, 6.45) is 4.26. The SMILES string of the molecule is CCCCCCOC(=O)c1ccc(O)c(Cl)c1. The van der Waals surface area contributed by atoms with Crippen LogP contribution in [0.4, 0.5) is 0 Å². The summed E-state index contributed by atoms with van der Waals surface area (Å²) in [5.41, 5.74) is 0.364. The maximum absolute atomic E-state index is 11.6. The number of hydrogen-bond acceptors (Lipinski definition) is 3. The highest BCUT2D eigenvalue weighted by atomic mass is 35.5. The van der Waals surface area contributed by atoms with Gasteiger partial charge >= 0.3 is 5.97 Å². The summed E-state index contributed by atoms with van der Waals surface area (Å²) in [5, 5.41) is 9.37. The molecule has 0 aliphatic heterocycles. The molecule has 0 aliphatic carbocycles. The van der Waals surface area contributed by atoms with Crippen LogP contribution in [0.1, 0.15) is 43.0 Å². The van der Waals surface area contributed by atoms with E-state index in [-0.39, 0.29) is 10.8 Å². The van der Waals surface area contributed by atoms with Gasteiger partial charge in [-0.3, -0.25) is 0 Å². The number of carbonyl (C=O) groups excluding carboxylic acids is 1. The van der Waals surface area contributed by atoms with Gasteiger partial charge < -0.3 is 9.84 Å². The second-order valence-electron chi connectivity index (χ2n) is 3.86. The van der Waals surface area contributed by atoms with Gasteiger partial charge in [-0.25, -0.2) is 4.79 Å². The Hall–Kier alpha value is -1.22. The second kappa shape index (κ2) is 7.17. The first kappa shape index (κ1) is 13.8. The lowest BCUT2D eigenvalue weighted by Gasteiger charge is -2.05. The maximum Gasteiger partial charge on any atom is 0.338 e. The van der Waals surface area contributed by atoms with E-state index in [1.807, 2.05) is 0 Å². The van der Waals surface area contributed by atoms with Crippen LogP contribution in [0.25, 0.3) is 0 Å². The number of hydrogen-bond donors (Lipinski definition) is 1. The van der Waals surface area contributed by atoms with Crippen LogP contribution >= 0.6 is 11.6 Å². The fourth-order valence-electron chi connectivity index (χ4n) is 1.41. The first-order valence-corrected chi connectivity index (χ1v) is 6.18. The summed E-state index contributed by atoms with van der Waals surface area (Å²) in [5.74, 6) is -0.436. The minimum Gasteiger partial charge on any atom is -0.506 e. The van der Waals surface area contributed by atoms with Crippen LogP contribution in [0.2, 0.25) is 5.02 Å². The Morgan fingerprint density at radius 1 is 1.35 bits per heavy atom. The number of benzene rings is 1. The van der Waals surface area contributed by atoms with Crippen molar-refractivity contribution in [1.29, 1.82) is 0 Å². The minimum atomic E-state index is -0.400. The number of phenolic OH excluding ortho intramolecular Hbond substituents is 1. The molecule has 0 aromatic heterocycles. The third-order valence-electron chi connectivity index (χ3n) is 2.41. The highest BCUT2D eigenvalue weighted by molar-refractivity contribution is 6.32. The maximum atomic E-state index is 11.6. The summed E-state index contributed by atoms with van der Waals surface area (Å²) in [6.45, 7) is 2.56. The van der Waals surface area contributed by atoms with Crippen molar-refractivity contribution < 1.29 is 14.6 Å². The standard InChI is InChI=1S/C13H17ClO3/c1-2-3-4-5-8-17-13(16)10-6-7-12(15)11(14)9-10/h6-7,9,15H,2-5,8H2,1H3. The molecule has 1 N–H and O–H groups in total. The van der Waals surface area contributed by atoms with Crippen LogP contribution in [0.3, 0.4) is 0 Å². The van der Waals surface area contributed by atoms with Gasteiger partial charge in [0.25, 0.3) is 0 Å². The summed E-state index contributed by atoms with van der Waals surface area (Å²) in [6, 6.07) is 4.29. The van der Waals surface area contributed by atoms with E-state index in [0.717, 1.165) is 25.7 Å². The van der Waals surface area contributed by atoms with E-state index in [2.05, 4.69) is 6.92 Å². The predicted octanol–water partition coefficient (Wildman–Crippen LogP) is 3.78.